The predicted octanol–water partition coefficient (Wildman–Crippen LogP) is 4.19. The molecule has 3 rings (SSSR count). The summed E-state index contributed by atoms with van der Waals surface area (Å²) in [5, 5.41) is 0.652. The third-order valence-electron chi connectivity index (χ3n) is 4.21. The number of anilines is 1. The van der Waals surface area contributed by atoms with Gasteiger partial charge in [0.15, 0.2) is 0 Å². The van der Waals surface area contributed by atoms with Gasteiger partial charge in [-0.25, -0.2) is 4.98 Å². The Morgan fingerprint density at radius 3 is 2.30 bits per heavy atom. The molecule has 0 spiro atoms. The highest BCUT2D eigenvalue weighted by Gasteiger charge is 2.31. The minimum Gasteiger partial charge on any atom is -0.353 e. The van der Waals surface area contributed by atoms with Crippen LogP contribution in [0.1, 0.15) is 5.56 Å². The molecule has 27 heavy (non-hydrogen) atoms. The van der Waals surface area contributed by atoms with Crippen LogP contribution in [0, 0.1) is 0 Å². The maximum absolute atomic E-state index is 12.6. The number of pyridine rings is 1. The highest BCUT2D eigenvalue weighted by atomic mass is 35.5. The average Bonchev–Trinajstić information content (AvgIpc) is 2.67. The molecule has 1 aromatic heterocycles. The van der Waals surface area contributed by atoms with Crippen molar-refractivity contribution in [2.45, 2.75) is 11.1 Å². The fourth-order valence-corrected chi connectivity index (χ4v) is 3.62. The smallest absolute Gasteiger partial charge is 0.353 e. The predicted molar refractivity (Wildman–Crippen MR) is 100 cm³/mol. The maximum Gasteiger partial charge on any atom is 0.417 e. The number of halogens is 4. The summed E-state index contributed by atoms with van der Waals surface area (Å²) in [4.78, 5) is 20.9. The van der Waals surface area contributed by atoms with Crippen LogP contribution >= 0.6 is 23.4 Å². The van der Waals surface area contributed by atoms with Gasteiger partial charge in [0, 0.05) is 42.3 Å². The number of thioether (sulfide) groups is 1. The zero-order chi connectivity index (χ0) is 19.4. The quantitative estimate of drug-likeness (QED) is 0.701. The van der Waals surface area contributed by atoms with Gasteiger partial charge in [-0.3, -0.25) is 4.79 Å². The van der Waals surface area contributed by atoms with E-state index in [9.17, 15) is 18.0 Å². The SMILES string of the molecule is O=C(CSc1ccc(Cl)cc1)N1CCN(c2ccc(C(F)(F)F)cn2)CC1. The monoisotopic (exact) mass is 415 g/mol. The number of nitrogens with zero attached hydrogens (tertiary/aromatic N) is 3. The number of benzene rings is 1. The molecular formula is C18H17ClF3N3OS. The molecule has 0 radical (unpaired) electrons. The summed E-state index contributed by atoms with van der Waals surface area (Å²) >= 11 is 7.29. The number of alkyl halides is 3. The number of carbonyl (C=O) groups excluding carboxylic acids is 1. The molecule has 4 nitrogen and oxygen atoms in total. The summed E-state index contributed by atoms with van der Waals surface area (Å²) < 4.78 is 37.8. The molecule has 0 aliphatic carbocycles. The number of piperazine rings is 1. The van der Waals surface area contributed by atoms with Gasteiger partial charge in [0.25, 0.3) is 0 Å². The Balaban J connectivity index is 1.49. The number of aromatic nitrogens is 1. The van der Waals surface area contributed by atoms with Crippen LogP contribution in [0.2, 0.25) is 5.02 Å². The van der Waals surface area contributed by atoms with Crippen molar-refractivity contribution in [1.29, 1.82) is 0 Å². The van der Waals surface area contributed by atoms with Crippen molar-refractivity contribution in [1.82, 2.24) is 9.88 Å². The Labute approximate surface area is 164 Å². The summed E-state index contributed by atoms with van der Waals surface area (Å²) in [7, 11) is 0. The van der Waals surface area contributed by atoms with Crippen LogP contribution in [0.15, 0.2) is 47.5 Å². The molecule has 1 aliphatic rings. The van der Waals surface area contributed by atoms with Crippen molar-refractivity contribution in [3.8, 4) is 0 Å². The van der Waals surface area contributed by atoms with E-state index in [1.54, 1.807) is 17.0 Å². The van der Waals surface area contributed by atoms with Gasteiger partial charge in [-0.15, -0.1) is 11.8 Å². The van der Waals surface area contributed by atoms with E-state index in [4.69, 9.17) is 11.6 Å². The Morgan fingerprint density at radius 2 is 1.74 bits per heavy atom. The Kier molecular flexibility index (Phi) is 6.16. The number of amides is 1. The first-order chi connectivity index (χ1) is 12.8. The lowest BCUT2D eigenvalue weighted by atomic mass is 10.2. The third-order valence-corrected chi connectivity index (χ3v) is 5.46. The molecule has 144 valence electrons. The molecular weight excluding hydrogens is 399 g/mol. The van der Waals surface area contributed by atoms with E-state index in [-0.39, 0.29) is 5.91 Å². The van der Waals surface area contributed by atoms with E-state index in [1.807, 2.05) is 17.0 Å². The summed E-state index contributed by atoms with van der Waals surface area (Å²) in [5.41, 5.74) is -0.765. The van der Waals surface area contributed by atoms with E-state index in [0.717, 1.165) is 17.2 Å². The topological polar surface area (TPSA) is 36.4 Å². The van der Waals surface area contributed by atoms with Gasteiger partial charge < -0.3 is 9.80 Å². The molecule has 9 heteroatoms. The second kappa shape index (κ2) is 8.39. The van der Waals surface area contributed by atoms with Gasteiger partial charge in [0.05, 0.1) is 11.3 Å². The van der Waals surface area contributed by atoms with Crippen molar-refractivity contribution in [3.63, 3.8) is 0 Å². The highest BCUT2D eigenvalue weighted by molar-refractivity contribution is 8.00. The van der Waals surface area contributed by atoms with Crippen molar-refractivity contribution >= 4 is 35.1 Å². The first-order valence-corrected chi connectivity index (χ1v) is 9.63. The second-order valence-corrected chi connectivity index (χ2v) is 7.50. The first kappa shape index (κ1) is 19.8. The third kappa shape index (κ3) is 5.29. The van der Waals surface area contributed by atoms with Crippen LogP contribution in [0.25, 0.3) is 0 Å². The number of carbonyl (C=O) groups is 1. The van der Waals surface area contributed by atoms with Gasteiger partial charge in [-0.2, -0.15) is 13.2 Å². The largest absolute Gasteiger partial charge is 0.417 e. The van der Waals surface area contributed by atoms with Gasteiger partial charge in [-0.05, 0) is 36.4 Å². The van der Waals surface area contributed by atoms with Crippen LogP contribution in [-0.4, -0.2) is 47.7 Å². The fourth-order valence-electron chi connectivity index (χ4n) is 2.69. The van der Waals surface area contributed by atoms with E-state index in [1.165, 1.54) is 17.8 Å². The standard InChI is InChI=1S/C18H17ClF3N3OS/c19-14-2-4-15(5-3-14)27-12-17(26)25-9-7-24(8-10-25)16-6-1-13(11-23-16)18(20,21)22/h1-6,11H,7-10,12H2. The Bertz CT molecular complexity index is 776. The molecule has 1 aliphatic heterocycles. The second-order valence-electron chi connectivity index (χ2n) is 6.01. The maximum atomic E-state index is 12.6. The molecule has 0 atom stereocenters. The van der Waals surface area contributed by atoms with Crippen molar-refractivity contribution in [2.75, 3.05) is 36.8 Å². The minimum absolute atomic E-state index is 0.0370. The van der Waals surface area contributed by atoms with E-state index >= 15 is 0 Å². The molecule has 0 bridgehead atoms. The number of hydrogen-bond acceptors (Lipinski definition) is 4. The van der Waals surface area contributed by atoms with Gasteiger partial charge >= 0.3 is 6.18 Å². The lowest BCUT2D eigenvalue weighted by Crippen LogP contribution is -2.49. The molecule has 0 N–H and O–H groups in total. The van der Waals surface area contributed by atoms with Gasteiger partial charge in [0.2, 0.25) is 5.91 Å². The molecule has 0 saturated carbocycles. The number of hydrogen-bond donors (Lipinski definition) is 0. The van der Waals surface area contributed by atoms with E-state index in [2.05, 4.69) is 4.98 Å². The normalized spacial score (nSPS) is 15.1. The van der Waals surface area contributed by atoms with Crippen LogP contribution < -0.4 is 4.90 Å². The fraction of sp³-hybridized carbons (Fsp3) is 0.333. The summed E-state index contributed by atoms with van der Waals surface area (Å²) in [6, 6.07) is 9.71. The molecule has 2 aromatic rings. The van der Waals surface area contributed by atoms with E-state index < -0.39 is 11.7 Å². The van der Waals surface area contributed by atoms with E-state index in [0.29, 0.717) is 42.8 Å². The molecule has 2 heterocycles. The molecule has 1 saturated heterocycles. The van der Waals surface area contributed by atoms with Crippen molar-refractivity contribution in [3.05, 3.63) is 53.2 Å². The molecule has 1 amide bonds. The van der Waals surface area contributed by atoms with Crippen molar-refractivity contribution in [2.24, 2.45) is 0 Å². The van der Waals surface area contributed by atoms with Crippen LogP contribution in [0.4, 0.5) is 19.0 Å². The Hall–Kier alpha value is -1.93. The summed E-state index contributed by atoms with van der Waals surface area (Å²) in [6.45, 7) is 2.11. The zero-order valence-corrected chi connectivity index (χ0v) is 15.8. The molecule has 1 aromatic carbocycles. The lowest BCUT2D eigenvalue weighted by Gasteiger charge is -2.35. The van der Waals surface area contributed by atoms with Crippen molar-refractivity contribution < 1.29 is 18.0 Å². The minimum atomic E-state index is -4.39. The average molecular weight is 416 g/mol. The molecule has 1 fully saturated rings. The van der Waals surface area contributed by atoms with Crippen LogP contribution in [-0.2, 0) is 11.0 Å². The Morgan fingerprint density at radius 1 is 1.07 bits per heavy atom. The van der Waals surface area contributed by atoms with Gasteiger partial charge in [-0.1, -0.05) is 11.6 Å². The lowest BCUT2D eigenvalue weighted by molar-refractivity contribution is -0.137. The zero-order valence-electron chi connectivity index (χ0n) is 14.2. The number of rotatable bonds is 4. The highest BCUT2D eigenvalue weighted by Crippen LogP contribution is 2.29. The van der Waals surface area contributed by atoms with Gasteiger partial charge in [0.1, 0.15) is 5.82 Å². The van der Waals surface area contributed by atoms with Crippen LogP contribution in [0.5, 0.6) is 0 Å². The van der Waals surface area contributed by atoms with Crippen LogP contribution in [0.3, 0.4) is 0 Å². The molecule has 0 unspecified atom stereocenters. The first-order valence-electron chi connectivity index (χ1n) is 8.27. The summed E-state index contributed by atoms with van der Waals surface area (Å²) in [6.07, 6.45) is -3.55. The summed E-state index contributed by atoms with van der Waals surface area (Å²) in [5.74, 6) is 0.862.